The molecule has 1 rings (SSSR count). The lowest BCUT2D eigenvalue weighted by Crippen LogP contribution is -2.43. The highest BCUT2D eigenvalue weighted by molar-refractivity contribution is 5.68. The number of ether oxygens (including phenoxy) is 1. The fourth-order valence-electron chi connectivity index (χ4n) is 1.28. The largest absolute Gasteiger partial charge is 0.444 e. The molecule has 3 nitrogen and oxygen atoms in total. The fourth-order valence-corrected chi connectivity index (χ4v) is 1.28. The summed E-state index contributed by atoms with van der Waals surface area (Å²) in [5.74, 6) is 0. The summed E-state index contributed by atoms with van der Waals surface area (Å²) in [4.78, 5) is 11.9. The van der Waals surface area contributed by atoms with Gasteiger partial charge in [0.1, 0.15) is 5.60 Å². The first-order valence-electron chi connectivity index (χ1n) is 5.55. The summed E-state index contributed by atoms with van der Waals surface area (Å²) in [7, 11) is 1.01. The van der Waals surface area contributed by atoms with Gasteiger partial charge in [-0.2, -0.15) is 8.78 Å². The van der Waals surface area contributed by atoms with Crippen molar-refractivity contribution in [2.24, 2.45) is 0 Å². The summed E-state index contributed by atoms with van der Waals surface area (Å²) in [5, 5.41) is 0. The minimum absolute atomic E-state index is 0.252. The van der Waals surface area contributed by atoms with Crippen LogP contribution in [0, 0.1) is 0 Å². The zero-order valence-electron chi connectivity index (χ0n) is 10.9. The molecule has 5 heteroatoms. The molecule has 0 saturated carbocycles. The van der Waals surface area contributed by atoms with Gasteiger partial charge < -0.3 is 4.74 Å². The van der Waals surface area contributed by atoms with Gasteiger partial charge in [0.2, 0.25) is 0 Å². The van der Waals surface area contributed by atoms with E-state index in [-0.39, 0.29) is 5.56 Å². The summed E-state index contributed by atoms with van der Waals surface area (Å²) >= 11 is 0. The third-order valence-corrected chi connectivity index (χ3v) is 2.21. The second-order valence-corrected chi connectivity index (χ2v) is 4.95. The normalized spacial score (nSPS) is 12.1. The van der Waals surface area contributed by atoms with Gasteiger partial charge in [0.25, 0.3) is 0 Å². The van der Waals surface area contributed by atoms with Crippen LogP contribution >= 0.6 is 0 Å². The number of hydrogen-bond donors (Lipinski definition) is 0. The van der Waals surface area contributed by atoms with Gasteiger partial charge in [-0.25, -0.2) is 9.69 Å². The lowest BCUT2D eigenvalue weighted by molar-refractivity contribution is -0.135. The number of hydrogen-bond acceptors (Lipinski definition) is 2. The number of carbonyl (C=O) groups excluding carboxylic acids is 1. The van der Waals surface area contributed by atoms with E-state index in [1.165, 1.54) is 24.3 Å². The van der Waals surface area contributed by atoms with Gasteiger partial charge in [-0.05, 0) is 20.8 Å². The molecule has 0 unspecified atom stereocenters. The van der Waals surface area contributed by atoms with Crippen molar-refractivity contribution in [1.82, 2.24) is 4.90 Å². The molecule has 0 N–H and O–H groups in total. The Balaban J connectivity index is 2.89. The smallest absolute Gasteiger partial charge is 0.414 e. The van der Waals surface area contributed by atoms with E-state index in [0.29, 0.717) is 4.90 Å². The summed E-state index contributed by atoms with van der Waals surface area (Å²) in [5.41, 5.74) is -1.06. The number of nitrogens with zero attached hydrogens (tertiary/aromatic N) is 1. The molecule has 1 amide bonds. The van der Waals surface area contributed by atoms with Crippen LogP contribution in [-0.4, -0.2) is 23.6 Å². The molecule has 0 aliphatic rings. The van der Waals surface area contributed by atoms with Crippen molar-refractivity contribution in [1.29, 1.82) is 0 Å². The molecule has 0 atom stereocenters. The van der Waals surface area contributed by atoms with Crippen LogP contribution in [0.1, 0.15) is 26.3 Å². The van der Waals surface area contributed by atoms with Crippen LogP contribution in [0.4, 0.5) is 13.6 Å². The predicted octanol–water partition coefficient (Wildman–Crippen LogP) is 3.60. The van der Waals surface area contributed by atoms with Gasteiger partial charge in [-0.3, -0.25) is 0 Å². The van der Waals surface area contributed by atoms with Crippen molar-refractivity contribution >= 4 is 6.09 Å². The van der Waals surface area contributed by atoms with Crippen molar-refractivity contribution in [2.45, 2.75) is 32.4 Å². The first kappa shape index (κ1) is 14.4. The zero-order valence-corrected chi connectivity index (χ0v) is 10.9. The van der Waals surface area contributed by atoms with Crippen LogP contribution in [0.5, 0.6) is 0 Å². The third kappa shape index (κ3) is 3.42. The topological polar surface area (TPSA) is 29.5 Å². The van der Waals surface area contributed by atoms with Gasteiger partial charge in [-0.15, -0.1) is 0 Å². The van der Waals surface area contributed by atoms with Gasteiger partial charge >= 0.3 is 12.1 Å². The molecule has 0 saturated heterocycles. The van der Waals surface area contributed by atoms with Crippen LogP contribution in [0.25, 0.3) is 0 Å². The van der Waals surface area contributed by atoms with E-state index in [1.807, 2.05) is 0 Å². The maximum Gasteiger partial charge on any atom is 0.414 e. The number of rotatable bonds is 2. The van der Waals surface area contributed by atoms with E-state index < -0.39 is 17.7 Å². The number of alkyl halides is 2. The lowest BCUT2D eigenvalue weighted by Gasteiger charge is -2.30. The first-order valence-corrected chi connectivity index (χ1v) is 5.55. The highest BCUT2D eigenvalue weighted by atomic mass is 19.3. The van der Waals surface area contributed by atoms with E-state index >= 15 is 0 Å². The molecule has 1 aromatic rings. The summed E-state index contributed by atoms with van der Waals surface area (Å²) in [6, 6.07) is 3.75. The minimum Gasteiger partial charge on any atom is -0.444 e. The van der Waals surface area contributed by atoms with Crippen LogP contribution in [0.3, 0.4) is 0 Å². The Morgan fingerprint density at radius 1 is 1.17 bits per heavy atom. The highest BCUT2D eigenvalue weighted by Gasteiger charge is 2.41. The SMILES string of the molecule is CN(C(=O)OC(C)(C)C)C(F)(F)c1ccccc1. The standard InChI is InChI=1S/C13H17F2NO2/c1-12(2,3)18-11(17)16(4)13(14,15)10-8-6-5-7-9-10/h5-9H,1-4H3. The number of benzene rings is 1. The number of amides is 1. The zero-order chi connectivity index (χ0) is 14.0. The van der Waals surface area contributed by atoms with Crippen LogP contribution in [0.15, 0.2) is 30.3 Å². The van der Waals surface area contributed by atoms with Gasteiger partial charge in [0.05, 0.1) is 0 Å². The second-order valence-electron chi connectivity index (χ2n) is 4.95. The molecule has 0 heterocycles. The average Bonchev–Trinajstić information content (AvgIpc) is 2.27. The molecule has 0 aromatic heterocycles. The molecule has 0 fully saturated rings. The van der Waals surface area contributed by atoms with Gasteiger partial charge in [-0.1, -0.05) is 30.3 Å². The average molecular weight is 257 g/mol. The molecule has 0 spiro atoms. The summed E-state index contributed by atoms with van der Waals surface area (Å²) < 4.78 is 32.9. The highest BCUT2D eigenvalue weighted by Crippen LogP contribution is 2.31. The molecule has 0 aliphatic carbocycles. The fraction of sp³-hybridized carbons (Fsp3) is 0.462. The van der Waals surface area contributed by atoms with E-state index in [1.54, 1.807) is 26.8 Å². The third-order valence-electron chi connectivity index (χ3n) is 2.21. The van der Waals surface area contributed by atoms with Crippen molar-refractivity contribution in [3.8, 4) is 0 Å². The van der Waals surface area contributed by atoms with E-state index in [9.17, 15) is 13.6 Å². The Morgan fingerprint density at radius 2 is 1.67 bits per heavy atom. The minimum atomic E-state index is -3.40. The predicted molar refractivity (Wildman–Crippen MR) is 64.3 cm³/mol. The van der Waals surface area contributed by atoms with Crippen LogP contribution < -0.4 is 0 Å². The molecule has 0 bridgehead atoms. The number of carbonyl (C=O) groups is 1. The maximum absolute atomic E-state index is 14.0. The van der Waals surface area contributed by atoms with Crippen molar-refractivity contribution in [3.63, 3.8) is 0 Å². The molecular weight excluding hydrogens is 240 g/mol. The number of halogens is 2. The Morgan fingerprint density at radius 3 is 2.11 bits per heavy atom. The summed E-state index contributed by atoms with van der Waals surface area (Å²) in [6.45, 7) is 4.87. The Kier molecular flexibility index (Phi) is 3.94. The van der Waals surface area contributed by atoms with E-state index in [2.05, 4.69) is 0 Å². The van der Waals surface area contributed by atoms with E-state index in [4.69, 9.17) is 4.74 Å². The summed E-state index contributed by atoms with van der Waals surface area (Å²) in [6.07, 6.45) is -1.06. The molecular formula is C13H17F2NO2. The Labute approximate surface area is 105 Å². The van der Waals surface area contributed by atoms with Crippen molar-refractivity contribution < 1.29 is 18.3 Å². The van der Waals surface area contributed by atoms with Crippen LogP contribution in [-0.2, 0) is 10.8 Å². The first-order chi connectivity index (χ1) is 8.14. The Bertz CT molecular complexity index is 413. The lowest BCUT2D eigenvalue weighted by atomic mass is 10.2. The molecule has 0 radical (unpaired) electrons. The van der Waals surface area contributed by atoms with Gasteiger partial charge in [0, 0.05) is 12.6 Å². The molecule has 18 heavy (non-hydrogen) atoms. The Hall–Kier alpha value is -1.65. The second kappa shape index (κ2) is 4.92. The maximum atomic E-state index is 14.0. The van der Waals surface area contributed by atoms with Crippen molar-refractivity contribution in [2.75, 3.05) is 7.05 Å². The molecule has 1 aromatic carbocycles. The van der Waals surface area contributed by atoms with E-state index in [0.717, 1.165) is 7.05 Å². The quantitative estimate of drug-likeness (QED) is 0.757. The van der Waals surface area contributed by atoms with Crippen LogP contribution in [0.2, 0.25) is 0 Å². The van der Waals surface area contributed by atoms with Gasteiger partial charge in [0.15, 0.2) is 0 Å². The van der Waals surface area contributed by atoms with Crippen molar-refractivity contribution in [3.05, 3.63) is 35.9 Å². The molecule has 0 aliphatic heterocycles. The monoisotopic (exact) mass is 257 g/mol. The molecule has 100 valence electrons.